The van der Waals surface area contributed by atoms with Gasteiger partial charge in [0, 0.05) is 5.38 Å². The van der Waals surface area contributed by atoms with Gasteiger partial charge in [-0.2, -0.15) is 0 Å². The smallest absolute Gasteiger partial charge is 0.271 e. The number of thiazole rings is 1. The van der Waals surface area contributed by atoms with Gasteiger partial charge in [-0.25, -0.2) is 15.0 Å². The number of carbonyl (C=O) groups is 3. The first-order valence-electron chi connectivity index (χ1n) is 12.9. The Kier molecular flexibility index (Phi) is 7.86. The summed E-state index contributed by atoms with van der Waals surface area (Å²) in [5, 5.41) is 11.3. The molecule has 1 aromatic rings. The van der Waals surface area contributed by atoms with Gasteiger partial charge in [0.25, 0.3) is 5.91 Å². The molecule has 12 heteroatoms. The van der Waals surface area contributed by atoms with E-state index in [2.05, 4.69) is 30.9 Å². The molecule has 6 bridgehead atoms. The zero-order valence-corrected chi connectivity index (χ0v) is 23.1. The summed E-state index contributed by atoms with van der Waals surface area (Å²) in [6, 6.07) is -3.07. The minimum absolute atomic E-state index is 0.0526. The molecule has 0 aliphatic carbocycles. The van der Waals surface area contributed by atoms with Gasteiger partial charge in [0.05, 0.1) is 6.04 Å². The third-order valence-corrected chi connectivity index (χ3v) is 7.98. The fourth-order valence-electron chi connectivity index (χ4n) is 4.51. The number of aliphatic imine (C=N–C) groups is 2. The first-order valence-corrected chi connectivity index (χ1v) is 13.7. The number of rotatable bonds is 3. The molecule has 0 aromatic carbocycles. The Bertz CT molecular complexity index is 1120. The van der Waals surface area contributed by atoms with Crippen molar-refractivity contribution in [3.63, 3.8) is 0 Å². The van der Waals surface area contributed by atoms with Crippen molar-refractivity contribution in [1.29, 1.82) is 0 Å². The van der Waals surface area contributed by atoms with Crippen LogP contribution in [-0.2, 0) is 19.1 Å². The van der Waals surface area contributed by atoms with Gasteiger partial charge in [-0.3, -0.25) is 14.4 Å². The maximum atomic E-state index is 13.4. The maximum absolute atomic E-state index is 13.4. The fraction of sp³-hybridized carbons (Fsp3) is 0.680. The van der Waals surface area contributed by atoms with Crippen LogP contribution in [0.3, 0.4) is 0 Å². The van der Waals surface area contributed by atoms with Gasteiger partial charge in [0.15, 0.2) is 12.1 Å². The molecule has 3 amide bonds. The van der Waals surface area contributed by atoms with E-state index in [4.69, 9.17) is 9.47 Å². The average Bonchev–Trinajstić information content (AvgIpc) is 3.58. The Morgan fingerprint density at radius 3 is 2.05 bits per heavy atom. The normalized spacial score (nSPS) is 33.2. The molecule has 37 heavy (non-hydrogen) atoms. The third-order valence-electron chi connectivity index (χ3n) is 7.05. The lowest BCUT2D eigenvalue weighted by Crippen LogP contribution is -2.49. The highest BCUT2D eigenvalue weighted by atomic mass is 32.1. The number of carbonyl (C=O) groups excluding carboxylic acids is 3. The molecule has 3 aliphatic heterocycles. The number of nitrogens with one attached hydrogen (secondary N) is 3. The maximum Gasteiger partial charge on any atom is 0.271 e. The summed E-state index contributed by atoms with van der Waals surface area (Å²) in [4.78, 5) is 53.2. The van der Waals surface area contributed by atoms with Gasteiger partial charge >= 0.3 is 0 Å². The molecule has 8 atom stereocenters. The molecule has 0 spiro atoms. The lowest BCUT2D eigenvalue weighted by atomic mass is 9.99. The zero-order chi connectivity index (χ0) is 27.0. The highest BCUT2D eigenvalue weighted by Crippen LogP contribution is 2.29. The van der Waals surface area contributed by atoms with E-state index in [1.807, 2.05) is 27.7 Å². The summed E-state index contributed by atoms with van der Waals surface area (Å²) >= 11 is 1.32. The van der Waals surface area contributed by atoms with Crippen LogP contribution < -0.4 is 16.0 Å². The Hall–Kier alpha value is -3.02. The molecule has 0 radical (unpaired) electrons. The summed E-state index contributed by atoms with van der Waals surface area (Å²) in [6.07, 6.45) is -0.230. The minimum atomic E-state index is -0.796. The quantitative estimate of drug-likeness (QED) is 0.543. The van der Waals surface area contributed by atoms with Crippen LogP contribution in [0.25, 0.3) is 0 Å². The largest absolute Gasteiger partial charge is 0.474 e. The van der Waals surface area contributed by atoms with Gasteiger partial charge in [-0.15, -0.1) is 11.3 Å². The second-order valence-corrected chi connectivity index (χ2v) is 11.2. The minimum Gasteiger partial charge on any atom is -0.474 e. The number of nitrogens with zero attached hydrogens (tertiary/aromatic N) is 3. The zero-order valence-electron chi connectivity index (χ0n) is 22.3. The van der Waals surface area contributed by atoms with E-state index in [-0.39, 0.29) is 41.1 Å². The van der Waals surface area contributed by atoms with Crippen molar-refractivity contribution in [2.45, 2.75) is 97.3 Å². The molecule has 0 saturated heterocycles. The van der Waals surface area contributed by atoms with Gasteiger partial charge in [-0.1, -0.05) is 34.1 Å². The number of hydrogen-bond donors (Lipinski definition) is 3. The number of amides is 3. The molecule has 0 saturated carbocycles. The molecule has 8 unspecified atom stereocenters. The molecule has 3 N–H and O–H groups in total. The topological polar surface area (TPSA) is 143 Å². The van der Waals surface area contributed by atoms with Crippen LogP contribution >= 0.6 is 11.3 Å². The van der Waals surface area contributed by atoms with Gasteiger partial charge in [0.2, 0.25) is 23.6 Å². The van der Waals surface area contributed by atoms with Crippen molar-refractivity contribution in [1.82, 2.24) is 20.9 Å². The van der Waals surface area contributed by atoms with E-state index < -0.39 is 42.4 Å². The monoisotopic (exact) mass is 532 g/mol. The lowest BCUT2D eigenvalue weighted by molar-refractivity contribution is -0.125. The van der Waals surface area contributed by atoms with Gasteiger partial charge in [-0.05, 0) is 32.6 Å². The van der Waals surface area contributed by atoms with Crippen LogP contribution in [0.1, 0.15) is 76.4 Å². The van der Waals surface area contributed by atoms with Gasteiger partial charge in [0.1, 0.15) is 35.0 Å². The highest BCUT2D eigenvalue weighted by Gasteiger charge is 2.42. The third kappa shape index (κ3) is 5.48. The van der Waals surface area contributed by atoms with E-state index in [1.54, 1.807) is 26.2 Å². The molecule has 0 fully saturated rings. The predicted molar refractivity (Wildman–Crippen MR) is 140 cm³/mol. The van der Waals surface area contributed by atoms with Gasteiger partial charge < -0.3 is 25.4 Å². The second kappa shape index (κ2) is 10.8. The lowest BCUT2D eigenvalue weighted by Gasteiger charge is -2.24. The standard InChI is InChI=1S/C25H36N6O5S/c1-8-11(4)17-25-27-15(9-37-25)20(32)26-12(5)23-30-18(13(6)35-23)21(33)28-16(10(2)3)24-31-19(14(7)36-24)22(34)29-17/h9-14,16-19H,8H2,1-7H3,(H,26,32)(H,28,33)(H,29,34). The summed E-state index contributed by atoms with van der Waals surface area (Å²) < 4.78 is 11.9. The van der Waals surface area contributed by atoms with Crippen LogP contribution in [0.4, 0.5) is 0 Å². The SMILES string of the molecule is CCC(C)C1NC(=O)C2N=C(OC2C)C(C(C)C)NC(=O)C2N=C(OC2C)C(C)NC(=O)c2csc1n2. The van der Waals surface area contributed by atoms with E-state index >= 15 is 0 Å². The van der Waals surface area contributed by atoms with E-state index in [9.17, 15) is 14.4 Å². The first kappa shape index (κ1) is 27.0. The summed E-state index contributed by atoms with van der Waals surface area (Å²) in [6.45, 7) is 13.3. The Morgan fingerprint density at radius 1 is 0.892 bits per heavy atom. The molecular weight excluding hydrogens is 496 g/mol. The van der Waals surface area contributed by atoms with E-state index in [1.165, 1.54) is 11.3 Å². The summed E-state index contributed by atoms with van der Waals surface area (Å²) in [5.74, 6) is -0.388. The van der Waals surface area contributed by atoms with Crippen molar-refractivity contribution >= 4 is 40.9 Å². The molecule has 11 nitrogen and oxygen atoms in total. The van der Waals surface area contributed by atoms with Crippen molar-refractivity contribution in [3.05, 3.63) is 16.1 Å². The van der Waals surface area contributed by atoms with Crippen LogP contribution in [-0.4, -0.2) is 70.9 Å². The van der Waals surface area contributed by atoms with Crippen LogP contribution in [0.15, 0.2) is 15.4 Å². The Morgan fingerprint density at radius 2 is 1.46 bits per heavy atom. The molecule has 1 aromatic heterocycles. The van der Waals surface area contributed by atoms with E-state index in [0.717, 1.165) is 6.42 Å². The molecule has 3 aliphatic rings. The number of hydrogen-bond acceptors (Lipinski definition) is 9. The highest BCUT2D eigenvalue weighted by molar-refractivity contribution is 7.09. The molecule has 4 heterocycles. The Balaban J connectivity index is 1.74. The van der Waals surface area contributed by atoms with E-state index in [0.29, 0.717) is 10.9 Å². The fourth-order valence-corrected chi connectivity index (χ4v) is 5.49. The van der Waals surface area contributed by atoms with Crippen LogP contribution in [0, 0.1) is 11.8 Å². The second-order valence-electron chi connectivity index (χ2n) is 10.3. The number of aromatic nitrogens is 1. The average molecular weight is 533 g/mol. The molecular formula is C25H36N6O5S. The van der Waals surface area contributed by atoms with Crippen molar-refractivity contribution in [3.8, 4) is 0 Å². The van der Waals surface area contributed by atoms with Crippen LogP contribution in [0.5, 0.6) is 0 Å². The Labute approximate surface area is 220 Å². The van der Waals surface area contributed by atoms with Crippen molar-refractivity contribution in [2.75, 3.05) is 0 Å². The van der Waals surface area contributed by atoms with Crippen LogP contribution in [0.2, 0.25) is 0 Å². The number of fused-ring (bicyclic) bond motifs is 4. The predicted octanol–water partition coefficient (Wildman–Crippen LogP) is 1.99. The molecule has 202 valence electrons. The summed E-state index contributed by atoms with van der Waals surface area (Å²) in [7, 11) is 0. The first-order chi connectivity index (χ1) is 17.5. The number of ether oxygens (including phenoxy) is 2. The summed E-state index contributed by atoms with van der Waals surface area (Å²) in [5.41, 5.74) is 0.245. The molecule has 4 rings (SSSR count). The van der Waals surface area contributed by atoms with Crippen molar-refractivity contribution < 1.29 is 23.9 Å². The van der Waals surface area contributed by atoms with Crippen molar-refractivity contribution in [2.24, 2.45) is 21.8 Å².